The van der Waals surface area contributed by atoms with Gasteiger partial charge in [-0.2, -0.15) is 0 Å². The Bertz CT molecular complexity index is 445. The summed E-state index contributed by atoms with van der Waals surface area (Å²) in [6.45, 7) is 1.29. The quantitative estimate of drug-likeness (QED) is 0.828. The molecule has 2 rings (SSSR count). The van der Waals surface area contributed by atoms with Gasteiger partial charge in [-0.3, -0.25) is 4.79 Å². The molecule has 0 aromatic heterocycles. The summed E-state index contributed by atoms with van der Waals surface area (Å²) in [6.07, 6.45) is 1.86. The van der Waals surface area contributed by atoms with Crippen LogP contribution in [-0.2, 0) is 4.74 Å². The van der Waals surface area contributed by atoms with Crippen molar-refractivity contribution in [2.45, 2.75) is 18.9 Å². The van der Waals surface area contributed by atoms with Crippen molar-refractivity contribution >= 4 is 17.5 Å². The fourth-order valence-corrected chi connectivity index (χ4v) is 2.38. The van der Waals surface area contributed by atoms with Crippen molar-refractivity contribution in [2.75, 3.05) is 20.2 Å². The Morgan fingerprint density at radius 1 is 1.44 bits per heavy atom. The van der Waals surface area contributed by atoms with Gasteiger partial charge in [0.15, 0.2) is 0 Å². The van der Waals surface area contributed by atoms with E-state index in [9.17, 15) is 9.18 Å². The second-order valence-electron chi connectivity index (χ2n) is 4.35. The maximum absolute atomic E-state index is 12.9. The van der Waals surface area contributed by atoms with E-state index in [0.29, 0.717) is 18.7 Å². The zero-order valence-electron chi connectivity index (χ0n) is 10.2. The highest BCUT2D eigenvalue weighted by molar-refractivity contribution is 6.33. The molecule has 1 aromatic carbocycles. The summed E-state index contributed by atoms with van der Waals surface area (Å²) in [5.74, 6) is -0.579. The Balaban J connectivity index is 2.08. The number of piperidine rings is 1. The van der Waals surface area contributed by atoms with E-state index in [-0.39, 0.29) is 17.0 Å². The van der Waals surface area contributed by atoms with Gasteiger partial charge in [-0.15, -0.1) is 0 Å². The van der Waals surface area contributed by atoms with Crippen LogP contribution in [0.1, 0.15) is 23.2 Å². The summed E-state index contributed by atoms with van der Waals surface area (Å²) < 4.78 is 18.2. The van der Waals surface area contributed by atoms with Crippen LogP contribution in [0.2, 0.25) is 5.02 Å². The lowest BCUT2D eigenvalue weighted by molar-refractivity contribution is 0.0351. The minimum absolute atomic E-state index is 0.144. The Morgan fingerprint density at radius 3 is 2.67 bits per heavy atom. The second-order valence-corrected chi connectivity index (χ2v) is 4.76. The van der Waals surface area contributed by atoms with E-state index in [1.54, 1.807) is 12.0 Å². The van der Waals surface area contributed by atoms with Crippen molar-refractivity contribution in [3.05, 3.63) is 34.6 Å². The average Bonchev–Trinajstić information content (AvgIpc) is 2.38. The number of carbonyl (C=O) groups is 1. The van der Waals surface area contributed by atoms with E-state index in [2.05, 4.69) is 0 Å². The monoisotopic (exact) mass is 271 g/mol. The summed E-state index contributed by atoms with van der Waals surface area (Å²) in [7, 11) is 1.68. The van der Waals surface area contributed by atoms with Crippen LogP contribution in [0.15, 0.2) is 18.2 Å². The molecule has 98 valence electrons. The van der Waals surface area contributed by atoms with Crippen molar-refractivity contribution in [2.24, 2.45) is 0 Å². The number of halogens is 2. The van der Waals surface area contributed by atoms with Crippen molar-refractivity contribution in [3.8, 4) is 0 Å². The number of ether oxygens (including phenoxy) is 1. The molecule has 5 heteroatoms. The normalized spacial score (nSPS) is 16.9. The molecule has 3 nitrogen and oxygen atoms in total. The van der Waals surface area contributed by atoms with Gasteiger partial charge in [-0.05, 0) is 31.0 Å². The highest BCUT2D eigenvalue weighted by Crippen LogP contribution is 2.21. The first-order valence-electron chi connectivity index (χ1n) is 5.89. The molecular formula is C13H15ClFNO2. The molecule has 1 aliphatic rings. The van der Waals surface area contributed by atoms with Gasteiger partial charge in [-0.25, -0.2) is 4.39 Å². The van der Waals surface area contributed by atoms with Crippen molar-refractivity contribution < 1.29 is 13.9 Å². The number of hydrogen-bond acceptors (Lipinski definition) is 2. The SMILES string of the molecule is COC1CCN(C(=O)c2ccc(F)cc2Cl)CC1. The molecule has 0 saturated carbocycles. The maximum Gasteiger partial charge on any atom is 0.255 e. The van der Waals surface area contributed by atoms with E-state index >= 15 is 0 Å². The molecule has 18 heavy (non-hydrogen) atoms. The lowest BCUT2D eigenvalue weighted by Gasteiger charge is -2.31. The Kier molecular flexibility index (Phi) is 4.19. The van der Waals surface area contributed by atoms with Gasteiger partial charge < -0.3 is 9.64 Å². The molecule has 0 N–H and O–H groups in total. The maximum atomic E-state index is 12.9. The number of amides is 1. The zero-order chi connectivity index (χ0) is 13.1. The summed E-state index contributed by atoms with van der Waals surface area (Å²) in [5, 5.41) is 0.161. The number of nitrogens with zero attached hydrogens (tertiary/aromatic N) is 1. The molecule has 1 aromatic rings. The third-order valence-electron chi connectivity index (χ3n) is 3.22. The number of methoxy groups -OCH3 is 1. The van der Waals surface area contributed by atoms with Gasteiger partial charge >= 0.3 is 0 Å². The number of likely N-dealkylation sites (tertiary alicyclic amines) is 1. The lowest BCUT2D eigenvalue weighted by Crippen LogP contribution is -2.40. The van der Waals surface area contributed by atoms with Gasteiger partial charge in [0, 0.05) is 20.2 Å². The van der Waals surface area contributed by atoms with Gasteiger partial charge in [0.05, 0.1) is 16.7 Å². The van der Waals surface area contributed by atoms with Gasteiger partial charge in [-0.1, -0.05) is 11.6 Å². The summed E-state index contributed by atoms with van der Waals surface area (Å²) in [4.78, 5) is 13.9. The van der Waals surface area contributed by atoms with Gasteiger partial charge in [0.2, 0.25) is 0 Å². The number of benzene rings is 1. The molecule has 0 atom stereocenters. The zero-order valence-corrected chi connectivity index (χ0v) is 10.9. The largest absolute Gasteiger partial charge is 0.381 e. The molecular weight excluding hydrogens is 257 g/mol. The highest BCUT2D eigenvalue weighted by Gasteiger charge is 2.24. The minimum Gasteiger partial charge on any atom is -0.381 e. The number of carbonyl (C=O) groups excluding carboxylic acids is 1. The molecule has 1 heterocycles. The minimum atomic E-state index is -0.436. The Labute approximate surface area is 110 Å². The van der Waals surface area contributed by atoms with Crippen LogP contribution >= 0.6 is 11.6 Å². The van der Waals surface area contributed by atoms with Crippen molar-refractivity contribution in [1.29, 1.82) is 0 Å². The first kappa shape index (κ1) is 13.3. The first-order chi connectivity index (χ1) is 8.61. The second kappa shape index (κ2) is 5.67. The predicted octanol–water partition coefficient (Wildman–Crippen LogP) is 2.73. The van der Waals surface area contributed by atoms with Crippen LogP contribution in [0.3, 0.4) is 0 Å². The topological polar surface area (TPSA) is 29.5 Å². The third-order valence-corrected chi connectivity index (χ3v) is 3.54. The average molecular weight is 272 g/mol. The van der Waals surface area contributed by atoms with Crippen molar-refractivity contribution in [1.82, 2.24) is 4.90 Å². The van der Waals surface area contributed by atoms with Crippen molar-refractivity contribution in [3.63, 3.8) is 0 Å². The fraction of sp³-hybridized carbons (Fsp3) is 0.462. The summed E-state index contributed by atoms with van der Waals surface area (Å²) in [6, 6.07) is 3.85. The molecule has 0 spiro atoms. The standard InChI is InChI=1S/C13H15ClFNO2/c1-18-10-4-6-16(7-5-10)13(17)11-3-2-9(15)8-12(11)14/h2-3,8,10H,4-7H2,1H3. The molecule has 1 aliphatic heterocycles. The smallest absolute Gasteiger partial charge is 0.255 e. The van der Waals surface area contributed by atoms with Crippen LogP contribution in [0.5, 0.6) is 0 Å². The van der Waals surface area contributed by atoms with Crippen LogP contribution < -0.4 is 0 Å². The van der Waals surface area contributed by atoms with E-state index in [1.807, 2.05) is 0 Å². The molecule has 0 bridgehead atoms. The van der Waals surface area contributed by atoms with Gasteiger partial charge in [0.25, 0.3) is 5.91 Å². The highest BCUT2D eigenvalue weighted by atomic mass is 35.5. The molecule has 1 saturated heterocycles. The molecule has 1 fully saturated rings. The summed E-state index contributed by atoms with van der Waals surface area (Å²) in [5.41, 5.74) is 0.355. The first-order valence-corrected chi connectivity index (χ1v) is 6.26. The Morgan fingerprint density at radius 2 is 2.11 bits per heavy atom. The van der Waals surface area contributed by atoms with E-state index < -0.39 is 5.82 Å². The fourth-order valence-electron chi connectivity index (χ4n) is 2.13. The summed E-state index contributed by atoms with van der Waals surface area (Å²) >= 11 is 5.89. The van der Waals surface area contributed by atoms with Gasteiger partial charge in [0.1, 0.15) is 5.82 Å². The van der Waals surface area contributed by atoms with Crippen LogP contribution in [0.4, 0.5) is 4.39 Å². The Hall–Kier alpha value is -1.13. The van der Waals surface area contributed by atoms with E-state index in [0.717, 1.165) is 18.9 Å². The van der Waals surface area contributed by atoms with E-state index in [4.69, 9.17) is 16.3 Å². The van der Waals surface area contributed by atoms with E-state index in [1.165, 1.54) is 12.1 Å². The van der Waals surface area contributed by atoms with Crippen LogP contribution in [0.25, 0.3) is 0 Å². The lowest BCUT2D eigenvalue weighted by atomic mass is 10.1. The molecule has 0 radical (unpaired) electrons. The molecule has 0 aliphatic carbocycles. The third kappa shape index (κ3) is 2.82. The predicted molar refractivity (Wildman–Crippen MR) is 67.3 cm³/mol. The number of hydrogen-bond donors (Lipinski definition) is 0. The molecule has 0 unspecified atom stereocenters. The van der Waals surface area contributed by atoms with Crippen LogP contribution in [0, 0.1) is 5.82 Å². The number of rotatable bonds is 2. The van der Waals surface area contributed by atoms with Crippen LogP contribution in [-0.4, -0.2) is 37.1 Å². The molecule has 1 amide bonds.